The van der Waals surface area contributed by atoms with Gasteiger partial charge in [-0.1, -0.05) is 12.1 Å². The van der Waals surface area contributed by atoms with Gasteiger partial charge in [0.1, 0.15) is 17.7 Å². The number of morpholine rings is 1. The first kappa shape index (κ1) is 15.5. The lowest BCUT2D eigenvalue weighted by atomic mass is 10.0. The number of hydrogen-bond acceptors (Lipinski definition) is 5. The van der Waals surface area contributed by atoms with Crippen LogP contribution in [0.25, 0.3) is 0 Å². The van der Waals surface area contributed by atoms with E-state index in [0.29, 0.717) is 38.5 Å². The summed E-state index contributed by atoms with van der Waals surface area (Å²) in [5.74, 6) is 0.218. The molecule has 1 aromatic carbocycles. The minimum absolute atomic E-state index is 0.0481. The number of benzene rings is 1. The Hall–Kier alpha value is -2.35. The molecule has 1 amide bonds. The first-order valence-corrected chi connectivity index (χ1v) is 7.50. The standard InChI is InChI=1S/C15H18FN5O2/c1-11-17-18-19-21(11)14(10-12-2-4-13(16)5-3-12)15(22)20-6-8-23-9-7-20/h2-5,14H,6-10H2,1H3. The van der Waals surface area contributed by atoms with Gasteiger partial charge in [-0.05, 0) is 35.0 Å². The van der Waals surface area contributed by atoms with Gasteiger partial charge in [0.2, 0.25) is 5.91 Å². The summed E-state index contributed by atoms with van der Waals surface area (Å²) in [6.45, 7) is 3.93. The van der Waals surface area contributed by atoms with Gasteiger partial charge in [-0.25, -0.2) is 9.07 Å². The van der Waals surface area contributed by atoms with Gasteiger partial charge in [-0.15, -0.1) is 5.10 Å². The van der Waals surface area contributed by atoms with Gasteiger partial charge in [-0.2, -0.15) is 0 Å². The van der Waals surface area contributed by atoms with Gasteiger partial charge in [-0.3, -0.25) is 4.79 Å². The molecule has 1 aromatic heterocycles. The number of hydrogen-bond donors (Lipinski definition) is 0. The number of nitrogens with zero attached hydrogens (tertiary/aromatic N) is 5. The second-order valence-electron chi connectivity index (χ2n) is 5.45. The van der Waals surface area contributed by atoms with Crippen LogP contribution in [0.2, 0.25) is 0 Å². The highest BCUT2D eigenvalue weighted by Gasteiger charge is 2.29. The lowest BCUT2D eigenvalue weighted by Gasteiger charge is -2.30. The molecule has 0 aliphatic carbocycles. The van der Waals surface area contributed by atoms with Gasteiger partial charge in [0.25, 0.3) is 0 Å². The van der Waals surface area contributed by atoms with Crippen LogP contribution in [0.4, 0.5) is 4.39 Å². The van der Waals surface area contributed by atoms with Crippen molar-refractivity contribution in [2.24, 2.45) is 0 Å². The zero-order valence-corrected chi connectivity index (χ0v) is 12.9. The molecule has 3 rings (SSSR count). The molecule has 23 heavy (non-hydrogen) atoms. The number of aryl methyl sites for hydroxylation is 1. The molecule has 1 atom stereocenters. The second-order valence-corrected chi connectivity index (χ2v) is 5.45. The zero-order valence-electron chi connectivity index (χ0n) is 12.9. The summed E-state index contributed by atoms with van der Waals surface area (Å²) in [5, 5.41) is 11.4. The molecule has 0 N–H and O–H groups in total. The van der Waals surface area contributed by atoms with E-state index in [2.05, 4.69) is 15.5 Å². The molecular formula is C15H18FN5O2. The fraction of sp³-hybridized carbons (Fsp3) is 0.467. The lowest BCUT2D eigenvalue weighted by Crippen LogP contribution is -2.45. The van der Waals surface area contributed by atoms with Crippen LogP contribution >= 0.6 is 0 Å². The average molecular weight is 319 g/mol. The molecule has 1 aliphatic rings. The maximum atomic E-state index is 13.1. The first-order chi connectivity index (χ1) is 11.1. The van der Waals surface area contributed by atoms with Crippen LogP contribution in [0, 0.1) is 12.7 Å². The highest BCUT2D eigenvalue weighted by molar-refractivity contribution is 5.80. The van der Waals surface area contributed by atoms with Gasteiger partial charge in [0, 0.05) is 19.5 Å². The highest BCUT2D eigenvalue weighted by atomic mass is 19.1. The number of halogens is 1. The molecule has 8 heteroatoms. The van der Waals surface area contributed by atoms with E-state index in [4.69, 9.17) is 4.74 Å². The van der Waals surface area contributed by atoms with Gasteiger partial charge >= 0.3 is 0 Å². The predicted octanol–water partition coefficient (Wildman–Crippen LogP) is 0.763. The third-order valence-corrected chi connectivity index (χ3v) is 3.90. The van der Waals surface area contributed by atoms with Crippen molar-refractivity contribution >= 4 is 5.91 Å². The summed E-state index contributed by atoms with van der Waals surface area (Å²) >= 11 is 0. The number of rotatable bonds is 4. The fourth-order valence-corrected chi connectivity index (χ4v) is 2.64. The Balaban J connectivity index is 1.85. The Labute approximate surface area is 133 Å². The molecule has 2 aromatic rings. The summed E-state index contributed by atoms with van der Waals surface area (Å²) in [6.07, 6.45) is 0.405. The van der Waals surface area contributed by atoms with Gasteiger partial charge < -0.3 is 9.64 Å². The molecule has 0 spiro atoms. The lowest BCUT2D eigenvalue weighted by molar-refractivity contribution is -0.139. The van der Waals surface area contributed by atoms with Gasteiger partial charge in [0.15, 0.2) is 0 Å². The van der Waals surface area contributed by atoms with Crippen molar-refractivity contribution in [1.82, 2.24) is 25.1 Å². The molecule has 1 aliphatic heterocycles. The second kappa shape index (κ2) is 6.82. The number of carbonyl (C=O) groups excluding carboxylic acids is 1. The van der Waals surface area contributed by atoms with Crippen molar-refractivity contribution < 1.29 is 13.9 Å². The molecule has 1 saturated heterocycles. The van der Waals surface area contributed by atoms with E-state index in [1.165, 1.54) is 16.8 Å². The van der Waals surface area contributed by atoms with Crippen LogP contribution in [0.5, 0.6) is 0 Å². The van der Waals surface area contributed by atoms with Crippen molar-refractivity contribution in [3.05, 3.63) is 41.5 Å². The molecule has 0 bridgehead atoms. The van der Waals surface area contributed by atoms with Crippen molar-refractivity contribution in [3.8, 4) is 0 Å². The minimum atomic E-state index is -0.548. The van der Waals surface area contributed by atoms with Crippen LogP contribution in [-0.4, -0.2) is 57.3 Å². The van der Waals surface area contributed by atoms with E-state index in [1.54, 1.807) is 24.0 Å². The largest absolute Gasteiger partial charge is 0.378 e. The third kappa shape index (κ3) is 3.53. The SMILES string of the molecule is Cc1nnnn1C(Cc1ccc(F)cc1)C(=O)N1CCOCC1. The van der Waals surface area contributed by atoms with E-state index < -0.39 is 6.04 Å². The molecule has 0 radical (unpaired) electrons. The van der Waals surface area contributed by atoms with E-state index in [1.807, 2.05) is 0 Å². The summed E-state index contributed by atoms with van der Waals surface area (Å²) in [4.78, 5) is 14.7. The van der Waals surface area contributed by atoms with Crippen LogP contribution in [-0.2, 0) is 16.0 Å². The van der Waals surface area contributed by atoms with Crippen molar-refractivity contribution in [1.29, 1.82) is 0 Å². The van der Waals surface area contributed by atoms with E-state index >= 15 is 0 Å². The molecule has 0 saturated carbocycles. The van der Waals surface area contributed by atoms with Crippen LogP contribution in [0.3, 0.4) is 0 Å². The Kier molecular flexibility index (Phi) is 4.61. The summed E-state index contributed by atoms with van der Waals surface area (Å²) in [6, 6.07) is 5.58. The molecule has 1 unspecified atom stereocenters. The smallest absolute Gasteiger partial charge is 0.248 e. The van der Waals surface area contributed by atoms with E-state index in [0.717, 1.165) is 5.56 Å². The summed E-state index contributed by atoms with van der Waals surface area (Å²) in [7, 11) is 0. The summed E-state index contributed by atoms with van der Waals surface area (Å²) < 4.78 is 19.9. The van der Waals surface area contributed by atoms with E-state index in [-0.39, 0.29) is 11.7 Å². The Morgan fingerprint density at radius 2 is 2.00 bits per heavy atom. The Morgan fingerprint density at radius 3 is 2.61 bits per heavy atom. The molecule has 122 valence electrons. The number of ether oxygens (including phenoxy) is 1. The third-order valence-electron chi connectivity index (χ3n) is 3.90. The molecule has 7 nitrogen and oxygen atoms in total. The van der Waals surface area contributed by atoms with Crippen molar-refractivity contribution in [3.63, 3.8) is 0 Å². The maximum absolute atomic E-state index is 13.1. The van der Waals surface area contributed by atoms with Crippen LogP contribution in [0.15, 0.2) is 24.3 Å². The highest BCUT2D eigenvalue weighted by Crippen LogP contribution is 2.19. The number of aromatic nitrogens is 4. The van der Waals surface area contributed by atoms with Gasteiger partial charge in [0.05, 0.1) is 13.2 Å². The average Bonchev–Trinajstić information content (AvgIpc) is 3.00. The minimum Gasteiger partial charge on any atom is -0.378 e. The maximum Gasteiger partial charge on any atom is 0.248 e. The number of carbonyl (C=O) groups is 1. The van der Waals surface area contributed by atoms with E-state index in [9.17, 15) is 9.18 Å². The number of tetrazole rings is 1. The first-order valence-electron chi connectivity index (χ1n) is 7.50. The zero-order chi connectivity index (χ0) is 16.2. The monoisotopic (exact) mass is 319 g/mol. The van der Waals surface area contributed by atoms with Crippen molar-refractivity contribution in [2.45, 2.75) is 19.4 Å². The summed E-state index contributed by atoms with van der Waals surface area (Å²) in [5.41, 5.74) is 0.855. The number of amides is 1. The van der Waals surface area contributed by atoms with Crippen LogP contribution in [0.1, 0.15) is 17.4 Å². The Bertz CT molecular complexity index is 667. The molecule has 1 fully saturated rings. The van der Waals surface area contributed by atoms with Crippen molar-refractivity contribution in [2.75, 3.05) is 26.3 Å². The quantitative estimate of drug-likeness (QED) is 0.832. The topological polar surface area (TPSA) is 73.1 Å². The van der Waals surface area contributed by atoms with Crippen LogP contribution < -0.4 is 0 Å². The molecule has 2 heterocycles. The normalized spacial score (nSPS) is 16.3. The molecular weight excluding hydrogens is 301 g/mol. The Morgan fingerprint density at radius 1 is 1.30 bits per heavy atom. The fourth-order valence-electron chi connectivity index (χ4n) is 2.64. The predicted molar refractivity (Wildman–Crippen MR) is 79.1 cm³/mol.